The number of methoxy groups -OCH3 is 1. The average Bonchev–Trinajstić information content (AvgIpc) is 3.36. The largest absolute Gasteiger partial charge is 0.496 e. The van der Waals surface area contributed by atoms with Crippen molar-refractivity contribution in [2.75, 3.05) is 7.11 Å². The predicted molar refractivity (Wildman–Crippen MR) is 115 cm³/mol. The number of hydrogen-bond acceptors (Lipinski definition) is 7. The number of thiazole rings is 1. The molecule has 0 fully saturated rings. The highest BCUT2D eigenvalue weighted by Gasteiger charge is 2.13. The molecular formula is C20H16BrN3O2S2. The maximum Gasteiger partial charge on any atom is 0.276 e. The summed E-state index contributed by atoms with van der Waals surface area (Å²) in [5.74, 6) is 2.09. The number of halogens is 1. The molecule has 2 aromatic carbocycles. The summed E-state index contributed by atoms with van der Waals surface area (Å²) in [4.78, 5) is 4.73. The van der Waals surface area contributed by atoms with Crippen molar-refractivity contribution in [1.29, 1.82) is 0 Å². The molecule has 28 heavy (non-hydrogen) atoms. The molecule has 142 valence electrons. The van der Waals surface area contributed by atoms with Gasteiger partial charge in [-0.05, 0) is 23.8 Å². The molecule has 0 N–H and O–H groups in total. The van der Waals surface area contributed by atoms with Crippen LogP contribution in [0.3, 0.4) is 0 Å². The molecule has 0 saturated carbocycles. The Hall–Kier alpha value is -2.16. The van der Waals surface area contributed by atoms with Crippen molar-refractivity contribution in [2.24, 2.45) is 0 Å². The highest BCUT2D eigenvalue weighted by Crippen LogP contribution is 2.35. The summed E-state index contributed by atoms with van der Waals surface area (Å²) in [6.07, 6.45) is 0.637. The Morgan fingerprint density at radius 1 is 1.14 bits per heavy atom. The van der Waals surface area contributed by atoms with Crippen molar-refractivity contribution in [3.63, 3.8) is 0 Å². The van der Waals surface area contributed by atoms with Gasteiger partial charge in [0, 0.05) is 15.6 Å². The highest BCUT2D eigenvalue weighted by atomic mass is 79.9. The first-order valence-corrected chi connectivity index (χ1v) is 11.1. The van der Waals surface area contributed by atoms with Crippen molar-refractivity contribution < 1.29 is 9.15 Å². The summed E-state index contributed by atoms with van der Waals surface area (Å²) in [5, 5.41) is 11.8. The maximum atomic E-state index is 5.74. The average molecular weight is 474 g/mol. The van der Waals surface area contributed by atoms with E-state index >= 15 is 0 Å². The molecule has 0 aliphatic carbocycles. The summed E-state index contributed by atoms with van der Waals surface area (Å²) < 4.78 is 12.2. The summed E-state index contributed by atoms with van der Waals surface area (Å²) in [6.45, 7) is 0. The second kappa shape index (κ2) is 8.89. The molecule has 0 atom stereocenters. The molecule has 4 rings (SSSR count). The van der Waals surface area contributed by atoms with E-state index in [9.17, 15) is 0 Å². The van der Waals surface area contributed by atoms with Crippen LogP contribution < -0.4 is 4.74 Å². The van der Waals surface area contributed by atoms with Crippen LogP contribution in [0.1, 0.15) is 17.1 Å². The maximum absolute atomic E-state index is 5.74. The Morgan fingerprint density at radius 3 is 2.82 bits per heavy atom. The zero-order valence-electron chi connectivity index (χ0n) is 15.0. The van der Waals surface area contributed by atoms with Crippen molar-refractivity contribution in [1.82, 2.24) is 15.2 Å². The van der Waals surface area contributed by atoms with Gasteiger partial charge in [-0.25, -0.2) is 4.98 Å². The molecule has 8 heteroatoms. The van der Waals surface area contributed by atoms with Gasteiger partial charge in [-0.3, -0.25) is 0 Å². The molecule has 0 bridgehead atoms. The van der Waals surface area contributed by atoms with Gasteiger partial charge in [0.05, 0.1) is 24.8 Å². The second-order valence-corrected chi connectivity index (χ2v) is 8.60. The smallest absolute Gasteiger partial charge is 0.276 e. The topological polar surface area (TPSA) is 61.0 Å². The minimum absolute atomic E-state index is 0.556. The van der Waals surface area contributed by atoms with Crippen LogP contribution in [0.2, 0.25) is 0 Å². The van der Waals surface area contributed by atoms with E-state index in [4.69, 9.17) is 14.1 Å². The van der Waals surface area contributed by atoms with E-state index in [1.807, 2.05) is 53.9 Å². The molecule has 0 spiro atoms. The van der Waals surface area contributed by atoms with Crippen LogP contribution in [0.4, 0.5) is 0 Å². The molecule has 4 aromatic rings. The molecule has 2 aromatic heterocycles. The highest BCUT2D eigenvalue weighted by molar-refractivity contribution is 9.10. The fourth-order valence-electron chi connectivity index (χ4n) is 2.62. The van der Waals surface area contributed by atoms with E-state index in [0.717, 1.165) is 32.1 Å². The lowest BCUT2D eigenvalue weighted by Crippen LogP contribution is -1.88. The van der Waals surface area contributed by atoms with Crippen molar-refractivity contribution in [2.45, 2.75) is 17.4 Å². The number of nitrogens with zero attached hydrogens (tertiary/aromatic N) is 3. The molecular weight excluding hydrogens is 458 g/mol. The van der Waals surface area contributed by atoms with Gasteiger partial charge in [0.15, 0.2) is 0 Å². The van der Waals surface area contributed by atoms with Crippen LogP contribution in [-0.4, -0.2) is 22.3 Å². The Morgan fingerprint density at radius 2 is 2.00 bits per heavy atom. The molecule has 0 aliphatic rings. The zero-order chi connectivity index (χ0) is 19.3. The third-order valence-electron chi connectivity index (χ3n) is 3.93. The Kier molecular flexibility index (Phi) is 6.09. The fourth-order valence-corrected chi connectivity index (χ4v) is 4.60. The monoisotopic (exact) mass is 473 g/mol. The standard InChI is InChI=1S/C20H16BrN3O2S2/c1-25-17-8-7-14(21)10-16(17)19-22-15(11-27-19)12-28-20-24-23-18(26-20)9-13-5-3-2-4-6-13/h2-8,10-11H,9,12H2,1H3. The minimum atomic E-state index is 0.556. The van der Waals surface area contributed by atoms with Crippen LogP contribution in [-0.2, 0) is 12.2 Å². The van der Waals surface area contributed by atoms with Gasteiger partial charge in [0.25, 0.3) is 5.22 Å². The van der Waals surface area contributed by atoms with Crippen LogP contribution in [0.25, 0.3) is 10.6 Å². The Labute approximate surface area is 179 Å². The van der Waals surface area contributed by atoms with Crippen LogP contribution in [0.5, 0.6) is 5.75 Å². The first-order chi connectivity index (χ1) is 13.7. The van der Waals surface area contributed by atoms with E-state index in [-0.39, 0.29) is 0 Å². The number of rotatable bonds is 7. The molecule has 0 radical (unpaired) electrons. The van der Waals surface area contributed by atoms with E-state index in [1.54, 1.807) is 18.4 Å². The lowest BCUT2D eigenvalue weighted by molar-refractivity contribution is 0.416. The Balaban J connectivity index is 1.41. The Bertz CT molecular complexity index is 1070. The van der Waals surface area contributed by atoms with Gasteiger partial charge in [0.2, 0.25) is 5.89 Å². The third-order valence-corrected chi connectivity index (χ3v) is 6.20. The second-order valence-electron chi connectivity index (χ2n) is 5.90. The summed E-state index contributed by atoms with van der Waals surface area (Å²) in [5.41, 5.74) is 3.09. The van der Waals surface area contributed by atoms with Crippen molar-refractivity contribution in [3.05, 3.63) is 75.5 Å². The normalized spacial score (nSPS) is 10.9. The summed E-state index contributed by atoms with van der Waals surface area (Å²) in [7, 11) is 1.67. The van der Waals surface area contributed by atoms with Crippen molar-refractivity contribution >= 4 is 39.0 Å². The lowest BCUT2D eigenvalue weighted by atomic mass is 10.2. The van der Waals surface area contributed by atoms with Gasteiger partial charge in [-0.15, -0.1) is 21.5 Å². The summed E-state index contributed by atoms with van der Waals surface area (Å²) in [6, 6.07) is 16.0. The molecule has 0 aliphatic heterocycles. The summed E-state index contributed by atoms with van der Waals surface area (Å²) >= 11 is 6.59. The SMILES string of the molecule is COc1ccc(Br)cc1-c1nc(CSc2nnc(Cc3ccccc3)o2)cs1. The van der Waals surface area contributed by atoms with Gasteiger partial charge < -0.3 is 9.15 Å². The quantitative estimate of drug-likeness (QED) is 0.313. The van der Waals surface area contributed by atoms with Crippen molar-refractivity contribution in [3.8, 4) is 16.3 Å². The number of benzene rings is 2. The van der Waals surface area contributed by atoms with Gasteiger partial charge >= 0.3 is 0 Å². The molecule has 2 heterocycles. The fraction of sp³-hybridized carbons (Fsp3) is 0.150. The van der Waals surface area contributed by atoms with Crippen LogP contribution >= 0.6 is 39.0 Å². The number of ether oxygens (including phenoxy) is 1. The predicted octanol–water partition coefficient (Wildman–Crippen LogP) is 5.85. The van der Waals surface area contributed by atoms with Crippen LogP contribution in [0.15, 0.2) is 68.0 Å². The number of thioether (sulfide) groups is 1. The minimum Gasteiger partial charge on any atom is -0.496 e. The van der Waals surface area contributed by atoms with E-state index in [2.05, 4.69) is 26.1 Å². The number of aromatic nitrogens is 3. The van der Waals surface area contributed by atoms with E-state index in [1.165, 1.54) is 11.8 Å². The first-order valence-electron chi connectivity index (χ1n) is 8.48. The molecule has 0 unspecified atom stereocenters. The molecule has 0 amide bonds. The third kappa shape index (κ3) is 4.63. The van der Waals surface area contributed by atoms with E-state index in [0.29, 0.717) is 23.3 Å². The lowest BCUT2D eigenvalue weighted by Gasteiger charge is -2.06. The first kappa shape index (κ1) is 19.2. The van der Waals surface area contributed by atoms with Gasteiger partial charge in [-0.1, -0.05) is 58.0 Å². The van der Waals surface area contributed by atoms with E-state index < -0.39 is 0 Å². The van der Waals surface area contributed by atoms with Gasteiger partial charge in [-0.2, -0.15) is 0 Å². The zero-order valence-corrected chi connectivity index (χ0v) is 18.2. The molecule has 5 nitrogen and oxygen atoms in total. The van der Waals surface area contributed by atoms with Crippen LogP contribution in [0, 0.1) is 0 Å². The molecule has 0 saturated heterocycles. The van der Waals surface area contributed by atoms with Gasteiger partial charge in [0.1, 0.15) is 10.8 Å². The number of hydrogen-bond donors (Lipinski definition) is 0.